The van der Waals surface area contributed by atoms with E-state index in [-0.39, 0.29) is 5.54 Å². The van der Waals surface area contributed by atoms with Gasteiger partial charge >= 0.3 is 0 Å². The van der Waals surface area contributed by atoms with Crippen LogP contribution < -0.4 is 0 Å². The average molecular weight is 187 g/mol. The summed E-state index contributed by atoms with van der Waals surface area (Å²) in [4.78, 5) is 6.09. The van der Waals surface area contributed by atoms with Crippen LogP contribution in [0.3, 0.4) is 0 Å². The highest BCUT2D eigenvalue weighted by molar-refractivity contribution is 5.20. The molecular weight excluding hydrogens is 174 g/mol. The van der Waals surface area contributed by atoms with E-state index in [0.717, 1.165) is 19.4 Å². The molecule has 72 valence electrons. The third-order valence-electron chi connectivity index (χ3n) is 2.83. The van der Waals surface area contributed by atoms with Crippen LogP contribution in [-0.2, 0) is 6.54 Å². The van der Waals surface area contributed by atoms with Gasteiger partial charge in [0.1, 0.15) is 5.54 Å². The van der Waals surface area contributed by atoms with Crippen molar-refractivity contribution >= 4 is 0 Å². The Morgan fingerprint density at radius 1 is 1.50 bits per heavy atom. The topological polar surface area (TPSA) is 39.9 Å². The highest BCUT2D eigenvalue weighted by atomic mass is 15.2. The minimum absolute atomic E-state index is 0.177. The van der Waals surface area contributed by atoms with Crippen molar-refractivity contribution in [2.24, 2.45) is 0 Å². The Hall–Kier alpha value is -1.40. The highest BCUT2D eigenvalue weighted by Crippen LogP contribution is 2.40. The molecule has 1 aliphatic carbocycles. The van der Waals surface area contributed by atoms with Crippen LogP contribution in [0.1, 0.15) is 18.4 Å². The van der Waals surface area contributed by atoms with Gasteiger partial charge in [0.25, 0.3) is 0 Å². The number of hydrogen-bond donors (Lipinski definition) is 0. The van der Waals surface area contributed by atoms with E-state index in [4.69, 9.17) is 5.26 Å². The zero-order valence-electron chi connectivity index (χ0n) is 8.27. The Labute approximate surface area is 84.0 Å². The van der Waals surface area contributed by atoms with Gasteiger partial charge in [0.05, 0.1) is 6.07 Å². The van der Waals surface area contributed by atoms with Gasteiger partial charge in [-0.15, -0.1) is 0 Å². The lowest BCUT2D eigenvalue weighted by atomic mass is 10.2. The number of nitriles is 1. The molecule has 0 N–H and O–H groups in total. The van der Waals surface area contributed by atoms with E-state index < -0.39 is 0 Å². The molecule has 0 bridgehead atoms. The van der Waals surface area contributed by atoms with Crippen molar-refractivity contribution in [3.05, 3.63) is 30.1 Å². The van der Waals surface area contributed by atoms with Crippen LogP contribution in [0.15, 0.2) is 24.5 Å². The summed E-state index contributed by atoms with van der Waals surface area (Å²) in [7, 11) is 2.01. The highest BCUT2D eigenvalue weighted by Gasteiger charge is 2.46. The fourth-order valence-electron chi connectivity index (χ4n) is 1.61. The normalized spacial score (nSPS) is 17.8. The lowest BCUT2D eigenvalue weighted by Gasteiger charge is -2.21. The molecule has 1 aliphatic rings. The van der Waals surface area contributed by atoms with E-state index in [1.165, 1.54) is 5.56 Å². The molecule has 1 fully saturated rings. The van der Waals surface area contributed by atoms with E-state index in [2.05, 4.69) is 16.0 Å². The third-order valence-corrected chi connectivity index (χ3v) is 2.83. The first-order valence-electron chi connectivity index (χ1n) is 4.78. The van der Waals surface area contributed by atoms with Gasteiger partial charge in [-0.2, -0.15) is 5.26 Å². The van der Waals surface area contributed by atoms with Gasteiger partial charge in [0, 0.05) is 18.9 Å². The van der Waals surface area contributed by atoms with Gasteiger partial charge in [0.15, 0.2) is 0 Å². The van der Waals surface area contributed by atoms with Crippen LogP contribution >= 0.6 is 0 Å². The SMILES string of the molecule is CN(Cc1ccncc1)C1(C#N)CC1. The Morgan fingerprint density at radius 2 is 2.14 bits per heavy atom. The second-order valence-corrected chi connectivity index (χ2v) is 3.85. The molecular formula is C11H13N3. The van der Waals surface area contributed by atoms with Gasteiger partial charge in [-0.25, -0.2) is 0 Å². The molecule has 0 amide bonds. The van der Waals surface area contributed by atoms with Crippen LogP contribution in [0.25, 0.3) is 0 Å². The molecule has 1 aromatic rings. The zero-order valence-corrected chi connectivity index (χ0v) is 8.27. The molecule has 1 aromatic heterocycles. The van der Waals surface area contributed by atoms with Crippen molar-refractivity contribution in [2.45, 2.75) is 24.9 Å². The molecule has 1 saturated carbocycles. The van der Waals surface area contributed by atoms with E-state index in [0.29, 0.717) is 0 Å². The van der Waals surface area contributed by atoms with E-state index in [9.17, 15) is 0 Å². The summed E-state index contributed by atoms with van der Waals surface area (Å²) in [6.07, 6.45) is 5.58. The van der Waals surface area contributed by atoms with Crippen LogP contribution in [-0.4, -0.2) is 22.5 Å². The largest absolute Gasteiger partial charge is 0.284 e. The van der Waals surface area contributed by atoms with Gasteiger partial charge < -0.3 is 0 Å². The van der Waals surface area contributed by atoms with Crippen LogP contribution in [0, 0.1) is 11.3 Å². The predicted octanol–water partition coefficient (Wildman–Crippen LogP) is 1.57. The summed E-state index contributed by atoms with van der Waals surface area (Å²) in [6.45, 7) is 0.829. The van der Waals surface area contributed by atoms with Crippen LogP contribution in [0.5, 0.6) is 0 Å². The summed E-state index contributed by atoms with van der Waals surface area (Å²) in [6, 6.07) is 6.36. The second-order valence-electron chi connectivity index (χ2n) is 3.85. The summed E-state index contributed by atoms with van der Waals surface area (Å²) < 4.78 is 0. The van der Waals surface area contributed by atoms with E-state index >= 15 is 0 Å². The Kier molecular flexibility index (Phi) is 2.22. The van der Waals surface area contributed by atoms with Crippen molar-refractivity contribution < 1.29 is 0 Å². The Bertz CT molecular complexity index is 349. The van der Waals surface area contributed by atoms with Gasteiger partial charge in [-0.3, -0.25) is 9.88 Å². The van der Waals surface area contributed by atoms with Crippen molar-refractivity contribution in [1.82, 2.24) is 9.88 Å². The molecule has 3 nitrogen and oxygen atoms in total. The standard InChI is InChI=1S/C11H13N3/c1-14(11(9-12)4-5-11)8-10-2-6-13-7-3-10/h2-3,6-7H,4-5,8H2,1H3. The van der Waals surface area contributed by atoms with Crippen molar-refractivity contribution in [3.8, 4) is 6.07 Å². The summed E-state index contributed by atoms with van der Waals surface area (Å²) >= 11 is 0. The van der Waals surface area contributed by atoms with Crippen molar-refractivity contribution in [1.29, 1.82) is 5.26 Å². The monoisotopic (exact) mass is 187 g/mol. The molecule has 0 saturated heterocycles. The average Bonchev–Trinajstić information content (AvgIpc) is 3.00. The molecule has 0 aromatic carbocycles. The number of hydrogen-bond acceptors (Lipinski definition) is 3. The molecule has 0 atom stereocenters. The lowest BCUT2D eigenvalue weighted by molar-refractivity contribution is 0.262. The van der Waals surface area contributed by atoms with Gasteiger partial charge in [0.2, 0.25) is 0 Å². The number of rotatable bonds is 3. The lowest BCUT2D eigenvalue weighted by Crippen LogP contribution is -2.31. The minimum Gasteiger partial charge on any atom is -0.284 e. The number of nitrogens with zero attached hydrogens (tertiary/aromatic N) is 3. The summed E-state index contributed by atoms with van der Waals surface area (Å²) in [5.74, 6) is 0. The predicted molar refractivity (Wildman–Crippen MR) is 53.3 cm³/mol. The smallest absolute Gasteiger partial charge is 0.109 e. The number of aromatic nitrogens is 1. The first kappa shape index (κ1) is 9.17. The summed E-state index contributed by atoms with van der Waals surface area (Å²) in [5, 5.41) is 9.00. The molecule has 14 heavy (non-hydrogen) atoms. The van der Waals surface area contributed by atoms with Crippen molar-refractivity contribution in [3.63, 3.8) is 0 Å². The maximum Gasteiger partial charge on any atom is 0.109 e. The van der Waals surface area contributed by atoms with E-state index in [1.54, 1.807) is 12.4 Å². The first-order valence-corrected chi connectivity index (χ1v) is 4.78. The third kappa shape index (κ3) is 1.61. The fourth-order valence-corrected chi connectivity index (χ4v) is 1.61. The van der Waals surface area contributed by atoms with Gasteiger partial charge in [-0.05, 0) is 37.6 Å². The van der Waals surface area contributed by atoms with Crippen LogP contribution in [0.4, 0.5) is 0 Å². The summed E-state index contributed by atoms with van der Waals surface area (Å²) in [5.41, 5.74) is 1.03. The van der Waals surface area contributed by atoms with Crippen LogP contribution in [0.2, 0.25) is 0 Å². The molecule has 0 unspecified atom stereocenters. The fraction of sp³-hybridized carbons (Fsp3) is 0.455. The molecule has 3 heteroatoms. The van der Waals surface area contributed by atoms with E-state index in [1.807, 2.05) is 19.2 Å². The maximum atomic E-state index is 9.00. The number of pyridine rings is 1. The second kappa shape index (κ2) is 3.39. The quantitative estimate of drug-likeness (QED) is 0.721. The molecule has 0 radical (unpaired) electrons. The maximum absolute atomic E-state index is 9.00. The molecule has 0 aliphatic heterocycles. The minimum atomic E-state index is -0.177. The molecule has 2 rings (SSSR count). The zero-order chi connectivity index (χ0) is 10.0. The Balaban J connectivity index is 2.03. The first-order chi connectivity index (χ1) is 6.77. The molecule has 0 spiro atoms. The molecule has 1 heterocycles. The van der Waals surface area contributed by atoms with Gasteiger partial charge in [-0.1, -0.05) is 0 Å². The Morgan fingerprint density at radius 3 is 2.64 bits per heavy atom. The van der Waals surface area contributed by atoms with Crippen molar-refractivity contribution in [2.75, 3.05) is 7.05 Å².